The largest absolute Gasteiger partial charge is 0.416 e. The third kappa shape index (κ3) is 3.39. The Labute approximate surface area is 115 Å². The van der Waals surface area contributed by atoms with Gasteiger partial charge in [-0.05, 0) is 36.6 Å². The summed E-state index contributed by atoms with van der Waals surface area (Å²) in [5.74, 6) is 0. The molecule has 6 heteroatoms. The van der Waals surface area contributed by atoms with E-state index in [1.54, 1.807) is 16.9 Å². The minimum Gasteiger partial charge on any atom is -0.324 e. The molecule has 1 aromatic carbocycles. The van der Waals surface area contributed by atoms with Gasteiger partial charge in [0.2, 0.25) is 0 Å². The zero-order valence-corrected chi connectivity index (χ0v) is 11.1. The van der Waals surface area contributed by atoms with Crippen molar-refractivity contribution in [2.45, 2.75) is 25.1 Å². The number of rotatable bonds is 4. The van der Waals surface area contributed by atoms with Crippen LogP contribution in [0.15, 0.2) is 36.5 Å². The zero-order chi connectivity index (χ0) is 14.8. The highest BCUT2D eigenvalue weighted by Crippen LogP contribution is 2.31. The molecule has 2 rings (SSSR count). The van der Waals surface area contributed by atoms with Crippen molar-refractivity contribution in [2.24, 2.45) is 12.8 Å². The van der Waals surface area contributed by atoms with Crippen LogP contribution in [-0.2, 0) is 19.6 Å². The van der Waals surface area contributed by atoms with E-state index in [9.17, 15) is 13.2 Å². The summed E-state index contributed by atoms with van der Waals surface area (Å²) in [6.07, 6.45) is -1.41. The fourth-order valence-electron chi connectivity index (χ4n) is 2.06. The highest BCUT2D eigenvalue weighted by molar-refractivity contribution is 5.27. The molecule has 0 spiro atoms. The van der Waals surface area contributed by atoms with Gasteiger partial charge in [0, 0.05) is 25.0 Å². The average Bonchev–Trinajstić information content (AvgIpc) is 2.81. The first kappa shape index (κ1) is 14.6. The molecule has 20 heavy (non-hydrogen) atoms. The molecule has 1 heterocycles. The van der Waals surface area contributed by atoms with Gasteiger partial charge < -0.3 is 5.73 Å². The Morgan fingerprint density at radius 3 is 2.65 bits per heavy atom. The van der Waals surface area contributed by atoms with E-state index in [4.69, 9.17) is 5.73 Å². The summed E-state index contributed by atoms with van der Waals surface area (Å²) in [7, 11) is 1.82. The maximum absolute atomic E-state index is 12.6. The first-order valence-electron chi connectivity index (χ1n) is 6.27. The van der Waals surface area contributed by atoms with Crippen LogP contribution in [-0.4, -0.2) is 9.78 Å². The molecule has 0 aliphatic carbocycles. The Morgan fingerprint density at radius 1 is 1.30 bits per heavy atom. The van der Waals surface area contributed by atoms with Crippen molar-refractivity contribution < 1.29 is 13.2 Å². The zero-order valence-electron chi connectivity index (χ0n) is 11.1. The number of hydrogen-bond acceptors (Lipinski definition) is 2. The molecule has 2 N–H and O–H groups in total. The van der Waals surface area contributed by atoms with Crippen molar-refractivity contribution in [3.05, 3.63) is 53.3 Å². The van der Waals surface area contributed by atoms with Crippen molar-refractivity contribution >= 4 is 0 Å². The molecule has 0 aliphatic rings. The molecule has 3 nitrogen and oxygen atoms in total. The smallest absolute Gasteiger partial charge is 0.324 e. The number of halogens is 3. The molecule has 0 saturated heterocycles. The van der Waals surface area contributed by atoms with Gasteiger partial charge in [-0.3, -0.25) is 4.68 Å². The van der Waals surface area contributed by atoms with Crippen LogP contribution in [0.1, 0.15) is 29.3 Å². The SMILES string of the molecule is Cn1nccc1CCC(N)c1cccc(C(F)(F)F)c1. The standard InChI is InChI=1S/C14H16F3N3/c1-20-12(7-8-19-20)5-6-13(18)10-3-2-4-11(9-10)14(15,16)17/h2-4,7-9,13H,5-6,18H2,1H3. The number of hydrogen-bond donors (Lipinski definition) is 1. The lowest BCUT2D eigenvalue weighted by Gasteiger charge is -2.14. The lowest BCUT2D eigenvalue weighted by molar-refractivity contribution is -0.137. The molecule has 2 aromatic rings. The molecule has 0 fully saturated rings. The Bertz CT molecular complexity index is 575. The highest BCUT2D eigenvalue weighted by atomic mass is 19.4. The van der Waals surface area contributed by atoms with Crippen LogP contribution in [0.3, 0.4) is 0 Å². The Hall–Kier alpha value is -1.82. The first-order valence-corrected chi connectivity index (χ1v) is 6.27. The summed E-state index contributed by atoms with van der Waals surface area (Å²) in [5, 5.41) is 4.04. The summed E-state index contributed by atoms with van der Waals surface area (Å²) in [6, 6.07) is 6.64. The number of aromatic nitrogens is 2. The predicted octanol–water partition coefficient (Wildman–Crippen LogP) is 3.07. The van der Waals surface area contributed by atoms with E-state index in [0.29, 0.717) is 18.4 Å². The summed E-state index contributed by atoms with van der Waals surface area (Å²) < 4.78 is 39.7. The number of nitrogens with two attached hydrogens (primary N) is 1. The molecule has 0 radical (unpaired) electrons. The number of aryl methyl sites for hydroxylation is 2. The number of benzene rings is 1. The summed E-state index contributed by atoms with van der Waals surface area (Å²) in [6.45, 7) is 0. The molecule has 0 bridgehead atoms. The van der Waals surface area contributed by atoms with E-state index >= 15 is 0 Å². The van der Waals surface area contributed by atoms with E-state index in [1.807, 2.05) is 13.1 Å². The van der Waals surface area contributed by atoms with Gasteiger partial charge in [0.1, 0.15) is 0 Å². The maximum atomic E-state index is 12.6. The summed E-state index contributed by atoms with van der Waals surface area (Å²) in [4.78, 5) is 0. The van der Waals surface area contributed by atoms with Gasteiger partial charge in [-0.2, -0.15) is 18.3 Å². The van der Waals surface area contributed by atoms with Crippen LogP contribution in [0.5, 0.6) is 0 Å². The third-order valence-electron chi connectivity index (χ3n) is 3.28. The predicted molar refractivity (Wildman–Crippen MR) is 69.9 cm³/mol. The third-order valence-corrected chi connectivity index (χ3v) is 3.28. The van der Waals surface area contributed by atoms with Gasteiger partial charge in [-0.15, -0.1) is 0 Å². The van der Waals surface area contributed by atoms with Crippen LogP contribution in [0.2, 0.25) is 0 Å². The van der Waals surface area contributed by atoms with Crippen molar-refractivity contribution in [1.29, 1.82) is 0 Å². The van der Waals surface area contributed by atoms with Crippen molar-refractivity contribution in [1.82, 2.24) is 9.78 Å². The van der Waals surface area contributed by atoms with E-state index in [0.717, 1.165) is 17.8 Å². The van der Waals surface area contributed by atoms with E-state index in [2.05, 4.69) is 5.10 Å². The topological polar surface area (TPSA) is 43.8 Å². The fourth-order valence-corrected chi connectivity index (χ4v) is 2.06. The molecule has 1 atom stereocenters. The minimum absolute atomic E-state index is 0.424. The molecule has 0 amide bonds. The molecule has 1 unspecified atom stereocenters. The van der Waals surface area contributed by atoms with Gasteiger partial charge in [0.15, 0.2) is 0 Å². The van der Waals surface area contributed by atoms with E-state index in [1.165, 1.54) is 6.07 Å². The van der Waals surface area contributed by atoms with Gasteiger partial charge in [-0.1, -0.05) is 12.1 Å². The number of alkyl halides is 3. The molecule has 0 saturated carbocycles. The van der Waals surface area contributed by atoms with Crippen LogP contribution in [0.4, 0.5) is 13.2 Å². The molecule has 108 valence electrons. The van der Waals surface area contributed by atoms with Crippen LogP contribution < -0.4 is 5.73 Å². The second-order valence-electron chi connectivity index (χ2n) is 4.71. The molecular weight excluding hydrogens is 267 g/mol. The Kier molecular flexibility index (Phi) is 4.13. The monoisotopic (exact) mass is 283 g/mol. The number of nitrogens with zero attached hydrogens (tertiary/aromatic N) is 2. The van der Waals surface area contributed by atoms with Crippen molar-refractivity contribution in [2.75, 3.05) is 0 Å². The van der Waals surface area contributed by atoms with Gasteiger partial charge >= 0.3 is 6.18 Å². The average molecular weight is 283 g/mol. The van der Waals surface area contributed by atoms with Gasteiger partial charge in [-0.25, -0.2) is 0 Å². The second kappa shape index (κ2) is 5.66. The molecular formula is C14H16F3N3. The van der Waals surface area contributed by atoms with E-state index < -0.39 is 17.8 Å². The summed E-state index contributed by atoms with van der Waals surface area (Å²) in [5.41, 5.74) is 6.82. The quantitative estimate of drug-likeness (QED) is 0.937. The lowest BCUT2D eigenvalue weighted by Crippen LogP contribution is -2.14. The first-order chi connectivity index (χ1) is 9.38. The lowest BCUT2D eigenvalue weighted by atomic mass is 10.00. The Balaban J connectivity index is 2.06. The highest BCUT2D eigenvalue weighted by Gasteiger charge is 2.30. The molecule has 1 aromatic heterocycles. The van der Waals surface area contributed by atoms with Crippen LogP contribution >= 0.6 is 0 Å². The normalized spacial score (nSPS) is 13.4. The van der Waals surface area contributed by atoms with Crippen molar-refractivity contribution in [3.63, 3.8) is 0 Å². The minimum atomic E-state index is -4.34. The van der Waals surface area contributed by atoms with Gasteiger partial charge in [0.25, 0.3) is 0 Å². The molecule has 0 aliphatic heterocycles. The van der Waals surface area contributed by atoms with Crippen LogP contribution in [0, 0.1) is 0 Å². The fraction of sp³-hybridized carbons (Fsp3) is 0.357. The second-order valence-corrected chi connectivity index (χ2v) is 4.71. The van der Waals surface area contributed by atoms with Crippen molar-refractivity contribution in [3.8, 4) is 0 Å². The van der Waals surface area contributed by atoms with Gasteiger partial charge in [0.05, 0.1) is 5.56 Å². The summed E-state index contributed by atoms with van der Waals surface area (Å²) >= 11 is 0. The Morgan fingerprint density at radius 2 is 2.05 bits per heavy atom. The van der Waals surface area contributed by atoms with Crippen LogP contribution in [0.25, 0.3) is 0 Å². The van der Waals surface area contributed by atoms with E-state index in [-0.39, 0.29) is 0 Å². The maximum Gasteiger partial charge on any atom is 0.416 e.